The Hall–Kier alpha value is -2.04. The molecule has 2 N–H and O–H groups in total. The first-order valence-corrected chi connectivity index (χ1v) is 8.56. The molecule has 0 saturated carbocycles. The van der Waals surface area contributed by atoms with Crippen molar-refractivity contribution in [1.29, 1.82) is 0 Å². The smallest absolute Gasteiger partial charge is 0.233 e. The number of carbonyl (C=O) groups is 2. The molecular formula is C19H20Cl2N2O2. The summed E-state index contributed by atoms with van der Waals surface area (Å²) in [5, 5.41) is 6.09. The number of benzene rings is 2. The van der Waals surface area contributed by atoms with E-state index >= 15 is 0 Å². The molecule has 2 rings (SSSR count). The fourth-order valence-electron chi connectivity index (χ4n) is 2.19. The van der Waals surface area contributed by atoms with Gasteiger partial charge in [0.05, 0.1) is 10.7 Å². The molecule has 0 fully saturated rings. The van der Waals surface area contributed by atoms with E-state index in [1.165, 1.54) is 11.6 Å². The van der Waals surface area contributed by atoms with Gasteiger partial charge in [0, 0.05) is 10.7 Å². The van der Waals surface area contributed by atoms with Gasteiger partial charge in [-0.15, -0.1) is 0 Å². The van der Waals surface area contributed by atoms with E-state index in [0.717, 1.165) is 0 Å². The molecule has 2 aromatic carbocycles. The van der Waals surface area contributed by atoms with Crippen LogP contribution in [0, 0.1) is 0 Å². The first-order chi connectivity index (χ1) is 11.6. The summed E-state index contributed by atoms with van der Waals surface area (Å²) >= 11 is 11.9. The number of anilines is 2. The van der Waals surface area contributed by atoms with Crippen molar-refractivity contribution in [2.75, 3.05) is 10.6 Å². The highest BCUT2D eigenvalue weighted by Gasteiger charge is 2.14. The van der Waals surface area contributed by atoms with Crippen LogP contribution in [0.3, 0.4) is 0 Å². The summed E-state index contributed by atoms with van der Waals surface area (Å²) in [7, 11) is 0. The van der Waals surface area contributed by atoms with Gasteiger partial charge in [0.1, 0.15) is 6.42 Å². The topological polar surface area (TPSA) is 58.2 Å². The van der Waals surface area contributed by atoms with Gasteiger partial charge in [-0.1, -0.05) is 56.1 Å². The summed E-state index contributed by atoms with van der Waals surface area (Å²) < 4.78 is 0. The van der Waals surface area contributed by atoms with Gasteiger partial charge >= 0.3 is 0 Å². The maximum Gasteiger partial charge on any atom is 0.233 e. The van der Waals surface area contributed by atoms with E-state index in [0.29, 0.717) is 21.4 Å². The molecule has 0 atom stereocenters. The van der Waals surface area contributed by atoms with Crippen LogP contribution in [0.15, 0.2) is 42.5 Å². The van der Waals surface area contributed by atoms with Gasteiger partial charge in [-0.25, -0.2) is 0 Å². The minimum Gasteiger partial charge on any atom is -0.326 e. The second-order valence-electron chi connectivity index (χ2n) is 6.72. The van der Waals surface area contributed by atoms with E-state index in [4.69, 9.17) is 23.2 Å². The summed E-state index contributed by atoms with van der Waals surface area (Å²) in [6.45, 7) is 6.35. The Kier molecular flexibility index (Phi) is 6.09. The number of halogens is 2. The minimum absolute atomic E-state index is 0.0403. The molecule has 2 amide bonds. The lowest BCUT2D eigenvalue weighted by Gasteiger charge is -2.19. The molecule has 0 aliphatic heterocycles. The summed E-state index contributed by atoms with van der Waals surface area (Å²) in [5.41, 5.74) is 2.23. The summed E-state index contributed by atoms with van der Waals surface area (Å²) in [6.07, 6.45) is -0.316. The fourth-order valence-corrected chi connectivity index (χ4v) is 2.53. The van der Waals surface area contributed by atoms with E-state index < -0.39 is 11.8 Å². The maximum atomic E-state index is 12.0. The van der Waals surface area contributed by atoms with Gasteiger partial charge in [0.15, 0.2) is 0 Å². The number of hydrogen-bond acceptors (Lipinski definition) is 2. The average Bonchev–Trinajstić information content (AvgIpc) is 2.50. The molecule has 25 heavy (non-hydrogen) atoms. The molecule has 0 unspecified atom stereocenters. The zero-order valence-electron chi connectivity index (χ0n) is 14.3. The van der Waals surface area contributed by atoms with Crippen LogP contribution in [-0.4, -0.2) is 11.8 Å². The zero-order chi connectivity index (χ0) is 18.6. The van der Waals surface area contributed by atoms with E-state index in [1.807, 2.05) is 24.3 Å². The summed E-state index contributed by atoms with van der Waals surface area (Å²) in [5.74, 6) is -0.868. The van der Waals surface area contributed by atoms with Crippen molar-refractivity contribution < 1.29 is 9.59 Å². The SMILES string of the molecule is CC(C)(C)c1ccc(NC(=O)CC(=O)Nc2cc(Cl)ccc2Cl)cc1. The van der Waals surface area contributed by atoms with Crippen molar-refractivity contribution in [3.05, 3.63) is 58.1 Å². The van der Waals surface area contributed by atoms with Crippen LogP contribution in [0.5, 0.6) is 0 Å². The van der Waals surface area contributed by atoms with Crippen molar-refractivity contribution in [2.24, 2.45) is 0 Å². The molecule has 132 valence electrons. The molecule has 0 aliphatic rings. The summed E-state index contributed by atoms with van der Waals surface area (Å²) in [6, 6.07) is 12.3. The molecule has 0 aromatic heterocycles. The van der Waals surface area contributed by atoms with E-state index in [9.17, 15) is 9.59 Å². The molecule has 2 aromatic rings. The number of carbonyl (C=O) groups excluding carboxylic acids is 2. The monoisotopic (exact) mass is 378 g/mol. The van der Waals surface area contributed by atoms with E-state index in [1.54, 1.807) is 12.1 Å². The normalized spacial score (nSPS) is 11.1. The Morgan fingerprint density at radius 2 is 1.52 bits per heavy atom. The number of amides is 2. The molecule has 6 heteroatoms. The molecular weight excluding hydrogens is 359 g/mol. The van der Waals surface area contributed by atoms with E-state index in [-0.39, 0.29) is 11.8 Å². The van der Waals surface area contributed by atoms with Gasteiger partial charge in [0.2, 0.25) is 11.8 Å². The van der Waals surface area contributed by atoms with Crippen molar-refractivity contribution in [2.45, 2.75) is 32.6 Å². The number of nitrogens with one attached hydrogen (secondary N) is 2. The quantitative estimate of drug-likeness (QED) is 0.712. The number of hydrogen-bond donors (Lipinski definition) is 2. The third kappa shape index (κ3) is 5.76. The van der Waals surface area contributed by atoms with E-state index in [2.05, 4.69) is 31.4 Å². The molecule has 0 radical (unpaired) electrons. The number of rotatable bonds is 4. The van der Waals surface area contributed by atoms with Crippen molar-refractivity contribution in [3.8, 4) is 0 Å². The summed E-state index contributed by atoms with van der Waals surface area (Å²) in [4.78, 5) is 24.0. The van der Waals surface area contributed by atoms with Crippen LogP contribution in [0.2, 0.25) is 10.0 Å². The van der Waals surface area contributed by atoms with Gasteiger partial charge in [-0.3, -0.25) is 9.59 Å². The van der Waals surface area contributed by atoms with Crippen molar-refractivity contribution >= 4 is 46.4 Å². The second-order valence-corrected chi connectivity index (χ2v) is 7.57. The van der Waals surface area contributed by atoms with Crippen LogP contribution in [0.4, 0.5) is 11.4 Å². The van der Waals surface area contributed by atoms with Gasteiger partial charge < -0.3 is 10.6 Å². The highest BCUT2D eigenvalue weighted by Crippen LogP contribution is 2.26. The predicted molar refractivity (Wildman–Crippen MR) is 103 cm³/mol. The first kappa shape index (κ1) is 19.3. The fraction of sp³-hybridized carbons (Fsp3) is 0.263. The standard InChI is InChI=1S/C19H20Cl2N2O2/c1-19(2,3)12-4-7-14(8-5-12)22-17(24)11-18(25)23-16-10-13(20)6-9-15(16)21/h4-10H,11H2,1-3H3,(H,22,24)(H,23,25). The highest BCUT2D eigenvalue weighted by molar-refractivity contribution is 6.35. The average molecular weight is 379 g/mol. The van der Waals surface area contributed by atoms with Crippen LogP contribution < -0.4 is 10.6 Å². The van der Waals surface area contributed by atoms with Crippen LogP contribution in [-0.2, 0) is 15.0 Å². The van der Waals surface area contributed by atoms with Gasteiger partial charge in [-0.2, -0.15) is 0 Å². The van der Waals surface area contributed by atoms with Crippen LogP contribution >= 0.6 is 23.2 Å². The Labute approximate surface area is 157 Å². The van der Waals surface area contributed by atoms with Crippen molar-refractivity contribution in [3.63, 3.8) is 0 Å². The Balaban J connectivity index is 1.93. The molecule has 0 heterocycles. The lowest BCUT2D eigenvalue weighted by molar-refractivity contribution is -0.123. The maximum absolute atomic E-state index is 12.0. The largest absolute Gasteiger partial charge is 0.326 e. The molecule has 0 bridgehead atoms. The Bertz CT molecular complexity index is 781. The van der Waals surface area contributed by atoms with Gasteiger partial charge in [0.25, 0.3) is 0 Å². The zero-order valence-corrected chi connectivity index (χ0v) is 15.8. The first-order valence-electron chi connectivity index (χ1n) is 7.80. The molecule has 0 saturated heterocycles. The lowest BCUT2D eigenvalue weighted by Crippen LogP contribution is -2.21. The molecule has 4 nitrogen and oxygen atoms in total. The third-order valence-electron chi connectivity index (χ3n) is 3.56. The van der Waals surface area contributed by atoms with Crippen LogP contribution in [0.25, 0.3) is 0 Å². The Morgan fingerprint density at radius 1 is 0.920 bits per heavy atom. The predicted octanol–water partition coefficient (Wildman–Crippen LogP) is 5.26. The van der Waals surface area contributed by atoms with Crippen molar-refractivity contribution in [1.82, 2.24) is 0 Å². The minimum atomic E-state index is -0.465. The lowest BCUT2D eigenvalue weighted by atomic mass is 9.87. The molecule has 0 spiro atoms. The Morgan fingerprint density at radius 3 is 2.12 bits per heavy atom. The second kappa shape index (κ2) is 7.89. The van der Waals surface area contributed by atoms with Gasteiger partial charge in [-0.05, 0) is 41.3 Å². The van der Waals surface area contributed by atoms with Crippen LogP contribution in [0.1, 0.15) is 32.8 Å². The highest BCUT2D eigenvalue weighted by atomic mass is 35.5. The third-order valence-corrected chi connectivity index (χ3v) is 4.12. The molecule has 0 aliphatic carbocycles.